The molecule has 2 aromatic rings. The molecule has 7 nitrogen and oxygen atoms in total. The van der Waals surface area contributed by atoms with E-state index in [0.29, 0.717) is 49.8 Å². The van der Waals surface area contributed by atoms with Gasteiger partial charge < -0.3 is 14.8 Å². The van der Waals surface area contributed by atoms with Gasteiger partial charge in [-0.3, -0.25) is 4.79 Å². The fourth-order valence-electron chi connectivity index (χ4n) is 3.63. The molecule has 0 radical (unpaired) electrons. The van der Waals surface area contributed by atoms with E-state index < -0.39 is 10.0 Å². The van der Waals surface area contributed by atoms with E-state index in [9.17, 15) is 13.2 Å². The van der Waals surface area contributed by atoms with Crippen LogP contribution in [-0.4, -0.2) is 51.5 Å². The minimum Gasteiger partial charge on any atom is -0.486 e. The van der Waals surface area contributed by atoms with E-state index in [1.165, 1.54) is 15.6 Å². The van der Waals surface area contributed by atoms with Gasteiger partial charge in [0, 0.05) is 19.6 Å². The van der Waals surface area contributed by atoms with Crippen LogP contribution in [0.1, 0.15) is 18.4 Å². The Morgan fingerprint density at radius 3 is 2.83 bits per heavy atom. The lowest BCUT2D eigenvalue weighted by Crippen LogP contribution is -2.45. The van der Waals surface area contributed by atoms with Gasteiger partial charge in [0.15, 0.2) is 11.5 Å². The quantitative estimate of drug-likeness (QED) is 0.751. The molecular formula is C20H24N2O5S2. The largest absolute Gasteiger partial charge is 0.486 e. The van der Waals surface area contributed by atoms with Crippen molar-refractivity contribution >= 4 is 27.3 Å². The Balaban J connectivity index is 1.30. The van der Waals surface area contributed by atoms with Crippen molar-refractivity contribution in [3.05, 3.63) is 41.3 Å². The highest BCUT2D eigenvalue weighted by molar-refractivity contribution is 7.91. The van der Waals surface area contributed by atoms with Crippen molar-refractivity contribution in [2.24, 2.45) is 5.92 Å². The van der Waals surface area contributed by atoms with Gasteiger partial charge >= 0.3 is 0 Å². The molecule has 2 aliphatic heterocycles. The second kappa shape index (κ2) is 8.73. The topological polar surface area (TPSA) is 84.9 Å². The molecule has 0 spiro atoms. The van der Waals surface area contributed by atoms with Crippen molar-refractivity contribution in [1.29, 1.82) is 0 Å². The lowest BCUT2D eigenvalue weighted by Gasteiger charge is -2.30. The Kier molecular flexibility index (Phi) is 6.07. The summed E-state index contributed by atoms with van der Waals surface area (Å²) in [5.41, 5.74) is 1.06. The third-order valence-corrected chi connectivity index (χ3v) is 8.40. The van der Waals surface area contributed by atoms with E-state index in [1.54, 1.807) is 17.5 Å². The third kappa shape index (κ3) is 4.57. The van der Waals surface area contributed by atoms with Crippen LogP contribution >= 0.6 is 11.3 Å². The van der Waals surface area contributed by atoms with Gasteiger partial charge in [-0.05, 0) is 48.4 Å². The summed E-state index contributed by atoms with van der Waals surface area (Å²) >= 11 is 1.21. The summed E-state index contributed by atoms with van der Waals surface area (Å²) in [5.74, 6) is 1.08. The predicted octanol–water partition coefficient (Wildman–Crippen LogP) is 2.28. The normalized spacial score (nSPS) is 19.7. The molecular weight excluding hydrogens is 412 g/mol. The highest BCUT2D eigenvalue weighted by Gasteiger charge is 2.33. The highest BCUT2D eigenvalue weighted by atomic mass is 32.2. The summed E-state index contributed by atoms with van der Waals surface area (Å²) < 4.78 is 38.3. The number of sulfonamides is 1. The number of nitrogens with zero attached hydrogens (tertiary/aromatic N) is 1. The molecule has 1 saturated heterocycles. The number of fused-ring (bicyclic) bond motifs is 1. The first-order valence-corrected chi connectivity index (χ1v) is 12.1. The highest BCUT2D eigenvalue weighted by Crippen LogP contribution is 2.31. The number of carbonyl (C=O) groups is 1. The first-order valence-electron chi connectivity index (χ1n) is 9.74. The molecule has 9 heteroatoms. The fraction of sp³-hybridized carbons (Fsp3) is 0.450. The van der Waals surface area contributed by atoms with Crippen molar-refractivity contribution < 1.29 is 22.7 Å². The maximum Gasteiger partial charge on any atom is 0.252 e. The number of nitrogens with one attached hydrogen (secondary N) is 1. The Labute approximate surface area is 174 Å². The van der Waals surface area contributed by atoms with Crippen LogP contribution in [0.2, 0.25) is 0 Å². The summed E-state index contributed by atoms with van der Waals surface area (Å²) in [6.45, 7) is 2.28. The van der Waals surface area contributed by atoms with Crippen molar-refractivity contribution in [3.8, 4) is 11.5 Å². The molecule has 156 valence electrons. The zero-order valence-corrected chi connectivity index (χ0v) is 17.6. The van der Waals surface area contributed by atoms with Crippen LogP contribution in [-0.2, 0) is 21.2 Å². The summed E-state index contributed by atoms with van der Waals surface area (Å²) in [7, 11) is -3.51. The second-order valence-electron chi connectivity index (χ2n) is 7.15. The molecule has 1 N–H and O–H groups in total. The molecule has 0 bridgehead atoms. The van der Waals surface area contributed by atoms with Gasteiger partial charge in [0.2, 0.25) is 5.91 Å². The smallest absolute Gasteiger partial charge is 0.252 e. The molecule has 4 rings (SSSR count). The monoisotopic (exact) mass is 436 g/mol. The van der Waals surface area contributed by atoms with Crippen molar-refractivity contribution in [2.45, 2.75) is 23.5 Å². The summed E-state index contributed by atoms with van der Waals surface area (Å²) in [6.07, 6.45) is 2.06. The molecule has 1 unspecified atom stereocenters. The van der Waals surface area contributed by atoms with Gasteiger partial charge in [0.25, 0.3) is 10.0 Å². The first kappa shape index (κ1) is 20.2. The van der Waals surface area contributed by atoms with Gasteiger partial charge in [-0.2, -0.15) is 4.31 Å². The predicted molar refractivity (Wildman–Crippen MR) is 110 cm³/mol. The van der Waals surface area contributed by atoms with Gasteiger partial charge in [-0.25, -0.2) is 8.42 Å². The zero-order chi connectivity index (χ0) is 20.3. The standard InChI is InChI=1S/C20H24N2O5S2/c23-20(21-8-7-15-5-6-17-18(13-15)27-11-10-26-17)16-3-1-9-22(14-16)29(24,25)19-4-2-12-28-19/h2,4-6,12-13,16H,1,3,7-11,14H2,(H,21,23). The van der Waals surface area contributed by atoms with Gasteiger partial charge in [-0.1, -0.05) is 12.1 Å². The number of thiophene rings is 1. The maximum atomic E-state index is 12.7. The average Bonchev–Trinajstić information content (AvgIpc) is 3.29. The van der Waals surface area contributed by atoms with E-state index in [0.717, 1.165) is 17.1 Å². The van der Waals surface area contributed by atoms with Crippen LogP contribution in [0.3, 0.4) is 0 Å². The lowest BCUT2D eigenvalue weighted by atomic mass is 9.99. The number of benzene rings is 1. The lowest BCUT2D eigenvalue weighted by molar-refractivity contribution is -0.126. The number of amides is 1. The van der Waals surface area contributed by atoms with Crippen molar-refractivity contribution in [3.63, 3.8) is 0 Å². The van der Waals surface area contributed by atoms with Crippen LogP contribution in [0.5, 0.6) is 11.5 Å². The number of carbonyl (C=O) groups excluding carboxylic acids is 1. The van der Waals surface area contributed by atoms with Crippen LogP contribution in [0.25, 0.3) is 0 Å². The SMILES string of the molecule is O=C(NCCc1ccc2c(c1)OCCO2)C1CCCN(S(=O)(=O)c2cccs2)C1. The summed E-state index contributed by atoms with van der Waals surface area (Å²) in [6, 6.07) is 9.13. The van der Waals surface area contributed by atoms with Crippen molar-refractivity contribution in [2.75, 3.05) is 32.8 Å². The second-order valence-corrected chi connectivity index (χ2v) is 10.3. The van der Waals surface area contributed by atoms with Crippen LogP contribution in [0.4, 0.5) is 0 Å². The van der Waals surface area contributed by atoms with Crippen LogP contribution in [0.15, 0.2) is 39.9 Å². The minimum absolute atomic E-state index is 0.0892. The Morgan fingerprint density at radius 2 is 2.03 bits per heavy atom. The molecule has 0 saturated carbocycles. The van der Waals surface area contributed by atoms with Gasteiger partial charge in [0.1, 0.15) is 17.4 Å². The molecule has 1 atom stereocenters. The maximum absolute atomic E-state index is 12.7. The molecule has 0 aliphatic carbocycles. The Hall–Kier alpha value is -2.10. The van der Waals surface area contributed by atoms with Crippen LogP contribution in [0, 0.1) is 5.92 Å². The van der Waals surface area contributed by atoms with Gasteiger partial charge in [0.05, 0.1) is 5.92 Å². The zero-order valence-electron chi connectivity index (χ0n) is 16.0. The third-order valence-electron chi connectivity index (χ3n) is 5.16. The number of rotatable bonds is 6. The molecule has 1 aromatic carbocycles. The Bertz CT molecular complexity index is 959. The Morgan fingerprint density at radius 1 is 1.21 bits per heavy atom. The fourth-order valence-corrected chi connectivity index (χ4v) is 6.30. The summed E-state index contributed by atoms with van der Waals surface area (Å²) in [5, 5.41) is 4.71. The van der Waals surface area contributed by atoms with E-state index in [-0.39, 0.29) is 18.4 Å². The number of hydrogen-bond acceptors (Lipinski definition) is 6. The molecule has 2 aliphatic rings. The first-order chi connectivity index (χ1) is 14.0. The number of ether oxygens (including phenoxy) is 2. The van der Waals surface area contributed by atoms with Crippen LogP contribution < -0.4 is 14.8 Å². The molecule has 1 amide bonds. The van der Waals surface area contributed by atoms with E-state index in [1.807, 2.05) is 18.2 Å². The minimum atomic E-state index is -3.51. The van der Waals surface area contributed by atoms with Crippen molar-refractivity contribution in [1.82, 2.24) is 9.62 Å². The van der Waals surface area contributed by atoms with Gasteiger partial charge in [-0.15, -0.1) is 11.3 Å². The molecule has 1 fully saturated rings. The van der Waals surface area contributed by atoms with E-state index in [2.05, 4.69) is 5.32 Å². The molecule has 29 heavy (non-hydrogen) atoms. The number of hydrogen-bond donors (Lipinski definition) is 1. The summed E-state index contributed by atoms with van der Waals surface area (Å²) in [4.78, 5) is 12.6. The average molecular weight is 437 g/mol. The molecule has 3 heterocycles. The van der Waals surface area contributed by atoms with E-state index in [4.69, 9.17) is 9.47 Å². The molecule has 1 aromatic heterocycles. The number of piperidine rings is 1. The van der Waals surface area contributed by atoms with E-state index >= 15 is 0 Å².